The van der Waals surface area contributed by atoms with Crippen LogP contribution >= 0.6 is 0 Å². The number of pyridine rings is 1. The second-order valence-corrected chi connectivity index (χ2v) is 13.3. The molecule has 0 saturated carbocycles. The molecule has 3 heterocycles. The van der Waals surface area contributed by atoms with E-state index in [1.807, 2.05) is 62.4 Å². The van der Waals surface area contributed by atoms with Crippen molar-refractivity contribution in [2.45, 2.75) is 84.2 Å². The van der Waals surface area contributed by atoms with E-state index in [4.69, 9.17) is 9.72 Å². The molecule has 0 aliphatic carbocycles. The Morgan fingerprint density at radius 1 is 0.939 bits per heavy atom. The monoisotopic (exact) mass is 668 g/mol. The lowest BCUT2D eigenvalue weighted by Crippen LogP contribution is -2.61. The van der Waals surface area contributed by atoms with Crippen LogP contribution in [0, 0.1) is 5.92 Å². The number of benzene rings is 2. The first-order chi connectivity index (χ1) is 23.6. The van der Waals surface area contributed by atoms with Gasteiger partial charge in [0.05, 0.1) is 11.2 Å². The number of amides is 3. The molecule has 11 heteroatoms. The molecule has 5 bridgehead atoms. The first kappa shape index (κ1) is 35.7. The van der Waals surface area contributed by atoms with E-state index in [9.17, 15) is 19.2 Å². The Morgan fingerprint density at radius 2 is 1.71 bits per heavy atom. The van der Waals surface area contributed by atoms with Crippen LogP contribution in [0.1, 0.15) is 76.3 Å². The first-order valence-corrected chi connectivity index (χ1v) is 17.3. The second-order valence-electron chi connectivity index (χ2n) is 13.3. The highest BCUT2D eigenvalue weighted by Gasteiger charge is 2.34. The van der Waals surface area contributed by atoms with Crippen LogP contribution in [0.25, 0.3) is 17.0 Å². The molecule has 1 saturated heterocycles. The summed E-state index contributed by atoms with van der Waals surface area (Å²) < 4.78 is 5.82. The van der Waals surface area contributed by atoms with Gasteiger partial charge in [0.2, 0.25) is 11.8 Å². The Kier molecular flexibility index (Phi) is 12.1. The molecule has 4 atom stereocenters. The third kappa shape index (κ3) is 9.73. The van der Waals surface area contributed by atoms with E-state index < -0.39 is 36.1 Å². The predicted molar refractivity (Wildman–Crippen MR) is 188 cm³/mol. The second kappa shape index (κ2) is 16.7. The number of ether oxygens (including phenoxy) is 1. The largest absolute Gasteiger partial charge is 0.455 e. The number of hydrazine groups is 1. The van der Waals surface area contributed by atoms with Gasteiger partial charge in [-0.3, -0.25) is 29.1 Å². The van der Waals surface area contributed by atoms with Crippen molar-refractivity contribution in [1.82, 2.24) is 31.0 Å². The zero-order chi connectivity index (χ0) is 34.9. The third-order valence-electron chi connectivity index (χ3n) is 9.01. The summed E-state index contributed by atoms with van der Waals surface area (Å²) in [5.74, 6) is -1.73. The molecule has 0 spiro atoms. The van der Waals surface area contributed by atoms with E-state index in [-0.39, 0.29) is 24.2 Å². The minimum absolute atomic E-state index is 0.206. The molecule has 3 amide bonds. The van der Waals surface area contributed by atoms with E-state index in [0.717, 1.165) is 35.0 Å². The van der Waals surface area contributed by atoms with Gasteiger partial charge in [-0.25, -0.2) is 10.4 Å². The molecule has 1 aromatic heterocycles. The van der Waals surface area contributed by atoms with Gasteiger partial charge in [-0.05, 0) is 62.3 Å². The SMILES string of the molecule is CC1NC(=O)C(C(C)C)NC(=O)CCN(Cc2ccccc2)CCC=Cc2ccc3ccc(nc3c2)C(C)OC(=O)C2CCCN(N2)C1=O. The fourth-order valence-corrected chi connectivity index (χ4v) is 6.14. The highest BCUT2D eigenvalue weighted by atomic mass is 16.5. The highest BCUT2D eigenvalue weighted by Crippen LogP contribution is 2.22. The lowest BCUT2D eigenvalue weighted by atomic mass is 10.0. The maximum absolute atomic E-state index is 13.4. The van der Waals surface area contributed by atoms with Crippen molar-refractivity contribution in [2.24, 2.45) is 5.92 Å². The zero-order valence-corrected chi connectivity index (χ0v) is 28.9. The summed E-state index contributed by atoms with van der Waals surface area (Å²) in [4.78, 5) is 60.2. The topological polar surface area (TPSA) is 133 Å². The lowest BCUT2D eigenvalue weighted by molar-refractivity contribution is -0.157. The van der Waals surface area contributed by atoms with Gasteiger partial charge in [-0.15, -0.1) is 0 Å². The van der Waals surface area contributed by atoms with Crippen molar-refractivity contribution in [2.75, 3.05) is 19.6 Å². The van der Waals surface area contributed by atoms with Crippen LogP contribution in [0.5, 0.6) is 0 Å². The lowest BCUT2D eigenvalue weighted by Gasteiger charge is -2.35. The molecule has 2 aliphatic heterocycles. The number of hydrogen-bond donors (Lipinski definition) is 3. The van der Waals surface area contributed by atoms with Crippen molar-refractivity contribution < 1.29 is 23.9 Å². The van der Waals surface area contributed by atoms with Crippen LogP contribution in [0.2, 0.25) is 0 Å². The predicted octanol–water partition coefficient (Wildman–Crippen LogP) is 4.29. The van der Waals surface area contributed by atoms with Crippen LogP contribution < -0.4 is 16.1 Å². The molecule has 1 fully saturated rings. The van der Waals surface area contributed by atoms with Crippen LogP contribution in [-0.4, -0.2) is 76.3 Å². The molecule has 2 aliphatic rings. The van der Waals surface area contributed by atoms with Gasteiger partial charge in [-0.2, -0.15) is 0 Å². The molecule has 5 rings (SSSR count). The number of esters is 1. The fraction of sp³-hybridized carbons (Fsp3) is 0.447. The standard InChI is InChI=1S/C38H48N6O5/c1-25(2)35-36(46)39-26(3)37(47)44-21-10-14-32(42-44)38(48)49-27(4)31-18-17-30-16-15-28(23-33(30)40-31)11-8-9-20-43(22-19-34(45)41-35)24-29-12-6-5-7-13-29/h5-8,11-13,15-18,23,25-27,32,35,42H,9-10,14,19-22,24H2,1-4H3,(H,39,46)(H,41,45). The Balaban J connectivity index is 1.39. The van der Waals surface area contributed by atoms with Gasteiger partial charge >= 0.3 is 5.97 Å². The molecular weight excluding hydrogens is 620 g/mol. The van der Waals surface area contributed by atoms with E-state index in [1.165, 1.54) is 5.01 Å². The number of nitrogens with zero attached hydrogens (tertiary/aromatic N) is 3. The molecule has 3 aromatic rings. The quantitative estimate of drug-likeness (QED) is 0.353. The number of carbonyl (C=O) groups excluding carboxylic acids is 4. The average molecular weight is 669 g/mol. The minimum atomic E-state index is -0.887. The molecule has 260 valence electrons. The van der Waals surface area contributed by atoms with Gasteiger partial charge in [0.25, 0.3) is 5.91 Å². The van der Waals surface area contributed by atoms with Crippen molar-refractivity contribution in [3.63, 3.8) is 0 Å². The van der Waals surface area contributed by atoms with E-state index >= 15 is 0 Å². The van der Waals surface area contributed by atoms with E-state index in [2.05, 4.69) is 45.2 Å². The van der Waals surface area contributed by atoms with Crippen molar-refractivity contribution in [3.05, 3.63) is 83.6 Å². The summed E-state index contributed by atoms with van der Waals surface area (Å²) in [5.41, 5.74) is 6.59. The van der Waals surface area contributed by atoms with Crippen molar-refractivity contribution in [1.29, 1.82) is 0 Å². The van der Waals surface area contributed by atoms with Gasteiger partial charge in [-0.1, -0.05) is 74.5 Å². The number of hydrogen-bond acceptors (Lipinski definition) is 8. The average Bonchev–Trinajstić information content (AvgIpc) is 3.10. The summed E-state index contributed by atoms with van der Waals surface area (Å²) in [7, 11) is 0. The summed E-state index contributed by atoms with van der Waals surface area (Å²) in [6, 6.07) is 17.6. The maximum Gasteiger partial charge on any atom is 0.325 e. The van der Waals surface area contributed by atoms with Gasteiger partial charge in [0, 0.05) is 38.0 Å². The summed E-state index contributed by atoms with van der Waals surface area (Å²) in [5, 5.41) is 8.04. The van der Waals surface area contributed by atoms with Gasteiger partial charge in [0.1, 0.15) is 24.2 Å². The Bertz CT molecular complexity index is 1660. The van der Waals surface area contributed by atoms with Crippen molar-refractivity contribution >= 4 is 40.7 Å². The minimum Gasteiger partial charge on any atom is -0.455 e. The molecule has 0 radical (unpaired) electrons. The normalized spacial score (nSPS) is 24.0. The molecule has 3 N–H and O–H groups in total. The summed E-state index contributed by atoms with van der Waals surface area (Å²) in [6.45, 7) is 9.42. The van der Waals surface area contributed by atoms with Crippen LogP contribution in [0.4, 0.5) is 0 Å². The van der Waals surface area contributed by atoms with Gasteiger partial charge < -0.3 is 15.4 Å². The maximum atomic E-state index is 13.4. The molecular formula is C38H48N6O5. The molecule has 49 heavy (non-hydrogen) atoms. The first-order valence-electron chi connectivity index (χ1n) is 17.3. The smallest absolute Gasteiger partial charge is 0.325 e. The molecule has 2 aromatic carbocycles. The van der Waals surface area contributed by atoms with Gasteiger partial charge in [0.15, 0.2) is 0 Å². The third-order valence-corrected chi connectivity index (χ3v) is 9.01. The van der Waals surface area contributed by atoms with Crippen LogP contribution in [0.3, 0.4) is 0 Å². The number of carbonyl (C=O) groups is 4. The van der Waals surface area contributed by atoms with Crippen molar-refractivity contribution in [3.8, 4) is 0 Å². The van der Waals surface area contributed by atoms with E-state index in [1.54, 1.807) is 13.8 Å². The Labute approximate surface area is 288 Å². The number of nitrogens with one attached hydrogen (secondary N) is 3. The Morgan fingerprint density at radius 3 is 2.49 bits per heavy atom. The Hall–Kier alpha value is -4.61. The summed E-state index contributed by atoms with van der Waals surface area (Å²) in [6.07, 6.45) is 5.66. The highest BCUT2D eigenvalue weighted by molar-refractivity contribution is 5.92. The summed E-state index contributed by atoms with van der Waals surface area (Å²) >= 11 is 0. The molecule has 4 unspecified atom stereocenters. The van der Waals surface area contributed by atoms with Crippen LogP contribution in [-0.2, 0) is 30.5 Å². The zero-order valence-electron chi connectivity index (χ0n) is 28.9. The number of cyclic esters (lactones) is 1. The number of aromatic nitrogens is 1. The fourth-order valence-electron chi connectivity index (χ4n) is 6.14. The molecule has 11 nitrogen and oxygen atoms in total. The number of fused-ring (bicyclic) bond motifs is 4. The van der Waals surface area contributed by atoms with E-state index in [0.29, 0.717) is 38.2 Å². The number of rotatable bonds is 3. The van der Waals surface area contributed by atoms with Crippen LogP contribution in [0.15, 0.2) is 66.7 Å².